The average Bonchev–Trinajstić information content (AvgIpc) is 2.11. The van der Waals surface area contributed by atoms with Gasteiger partial charge in [0.2, 0.25) is 10.0 Å². The predicted molar refractivity (Wildman–Crippen MR) is 66.4 cm³/mol. The van der Waals surface area contributed by atoms with Crippen LogP contribution in [0, 0.1) is 0 Å². The molecule has 0 saturated carbocycles. The molecular formula is C8H8BrClN2O3S. The number of halogens is 2. The Kier molecular flexibility index (Phi) is 4.17. The minimum atomic E-state index is -3.40. The fraction of sp³-hybridized carbons (Fsp3) is 0.125. The lowest BCUT2D eigenvalue weighted by Crippen LogP contribution is -2.15. The second-order valence-corrected chi connectivity index (χ2v) is 5.96. The first-order chi connectivity index (χ1) is 7.29. The van der Waals surface area contributed by atoms with Crippen molar-refractivity contribution in [1.82, 2.24) is 4.83 Å². The Morgan fingerprint density at radius 3 is 2.75 bits per heavy atom. The zero-order valence-electron chi connectivity index (χ0n) is 8.11. The van der Waals surface area contributed by atoms with Crippen molar-refractivity contribution in [2.45, 2.75) is 0 Å². The molecule has 2 N–H and O–H groups in total. The number of rotatable bonds is 3. The third-order valence-electron chi connectivity index (χ3n) is 1.48. The standard InChI is InChI=1S/C8H8BrClN2O3S/c1-16(14,15)12-11-4-5-2-6(10)3-7(9)8(5)13/h2-4,12-13H,1H3/b11-4+. The lowest BCUT2D eigenvalue weighted by atomic mass is 10.2. The third-order valence-corrected chi connectivity index (χ3v) is 2.74. The van der Waals surface area contributed by atoms with Gasteiger partial charge in [-0.1, -0.05) is 11.6 Å². The average molecular weight is 328 g/mol. The topological polar surface area (TPSA) is 78.8 Å². The summed E-state index contributed by atoms with van der Waals surface area (Å²) in [5.41, 5.74) is 0.301. The van der Waals surface area contributed by atoms with E-state index in [1.165, 1.54) is 12.1 Å². The molecule has 0 spiro atoms. The Bertz CT molecular complexity index is 530. The number of hydrogen-bond donors (Lipinski definition) is 2. The SMILES string of the molecule is CS(=O)(=O)N/N=C/c1cc(Cl)cc(Br)c1O. The number of nitrogens with zero attached hydrogens (tertiary/aromatic N) is 1. The number of benzene rings is 1. The molecule has 1 aromatic carbocycles. The Morgan fingerprint density at radius 1 is 1.56 bits per heavy atom. The normalized spacial score (nSPS) is 11.9. The maximum atomic E-state index is 10.7. The summed E-state index contributed by atoms with van der Waals surface area (Å²) in [5, 5.41) is 13.4. The van der Waals surface area contributed by atoms with Crippen LogP contribution in [0.3, 0.4) is 0 Å². The van der Waals surface area contributed by atoms with Gasteiger partial charge < -0.3 is 5.11 Å². The van der Waals surface area contributed by atoms with Gasteiger partial charge in [-0.15, -0.1) is 0 Å². The molecule has 1 aromatic rings. The van der Waals surface area contributed by atoms with Crippen molar-refractivity contribution in [1.29, 1.82) is 0 Å². The summed E-state index contributed by atoms with van der Waals surface area (Å²) < 4.78 is 21.8. The second-order valence-electron chi connectivity index (χ2n) is 2.95. The van der Waals surface area contributed by atoms with Gasteiger partial charge in [0.1, 0.15) is 5.75 Å². The Labute approximate surface area is 106 Å². The van der Waals surface area contributed by atoms with E-state index in [4.69, 9.17) is 11.6 Å². The molecule has 0 aliphatic rings. The van der Waals surface area contributed by atoms with Crippen molar-refractivity contribution in [2.24, 2.45) is 5.10 Å². The lowest BCUT2D eigenvalue weighted by Gasteiger charge is -2.02. The molecular weight excluding hydrogens is 320 g/mol. The van der Waals surface area contributed by atoms with Crippen molar-refractivity contribution in [3.63, 3.8) is 0 Å². The lowest BCUT2D eigenvalue weighted by molar-refractivity contribution is 0.471. The van der Waals surface area contributed by atoms with Crippen LogP contribution in [-0.4, -0.2) is 26.0 Å². The molecule has 16 heavy (non-hydrogen) atoms. The molecule has 0 saturated heterocycles. The monoisotopic (exact) mass is 326 g/mol. The number of aromatic hydroxyl groups is 1. The van der Waals surface area contributed by atoms with Crippen LogP contribution >= 0.6 is 27.5 Å². The molecule has 0 unspecified atom stereocenters. The zero-order chi connectivity index (χ0) is 12.3. The smallest absolute Gasteiger partial charge is 0.244 e. The molecule has 0 heterocycles. The van der Waals surface area contributed by atoms with Crippen molar-refractivity contribution in [3.05, 3.63) is 27.2 Å². The molecule has 0 aromatic heterocycles. The van der Waals surface area contributed by atoms with Gasteiger partial charge in [-0.2, -0.15) is 5.10 Å². The molecule has 88 valence electrons. The molecule has 0 amide bonds. The van der Waals surface area contributed by atoms with E-state index < -0.39 is 10.0 Å². The fourth-order valence-corrected chi connectivity index (χ4v) is 1.95. The van der Waals surface area contributed by atoms with Crippen LogP contribution in [0.1, 0.15) is 5.56 Å². The fourth-order valence-electron chi connectivity index (χ4n) is 0.876. The van der Waals surface area contributed by atoms with Crippen LogP contribution in [0.4, 0.5) is 0 Å². The number of phenols is 1. The van der Waals surface area contributed by atoms with Gasteiger partial charge in [0.25, 0.3) is 0 Å². The van der Waals surface area contributed by atoms with E-state index in [2.05, 4.69) is 21.0 Å². The van der Waals surface area contributed by atoms with Gasteiger partial charge in [0.15, 0.2) is 0 Å². The summed E-state index contributed by atoms with van der Waals surface area (Å²) in [7, 11) is -3.40. The summed E-state index contributed by atoms with van der Waals surface area (Å²) in [6, 6.07) is 2.97. The van der Waals surface area contributed by atoms with E-state index in [0.717, 1.165) is 12.5 Å². The van der Waals surface area contributed by atoms with Crippen LogP contribution in [-0.2, 0) is 10.0 Å². The summed E-state index contributed by atoms with van der Waals surface area (Å²) >= 11 is 8.84. The van der Waals surface area contributed by atoms with E-state index in [1.807, 2.05) is 4.83 Å². The Morgan fingerprint density at radius 2 is 2.19 bits per heavy atom. The second kappa shape index (κ2) is 5.03. The Hall–Kier alpha value is -0.790. The van der Waals surface area contributed by atoms with Crippen molar-refractivity contribution in [2.75, 3.05) is 6.26 Å². The van der Waals surface area contributed by atoms with Crippen molar-refractivity contribution >= 4 is 43.8 Å². The number of nitrogens with one attached hydrogen (secondary N) is 1. The maximum absolute atomic E-state index is 10.7. The van der Waals surface area contributed by atoms with Gasteiger partial charge >= 0.3 is 0 Å². The highest BCUT2D eigenvalue weighted by atomic mass is 79.9. The number of hydrazone groups is 1. The van der Waals surface area contributed by atoms with Crippen LogP contribution in [0.2, 0.25) is 5.02 Å². The van der Waals surface area contributed by atoms with Gasteiger partial charge in [0.05, 0.1) is 16.9 Å². The minimum Gasteiger partial charge on any atom is -0.506 e. The van der Waals surface area contributed by atoms with Crippen molar-refractivity contribution in [3.8, 4) is 5.75 Å². The highest BCUT2D eigenvalue weighted by molar-refractivity contribution is 9.10. The summed E-state index contributed by atoms with van der Waals surface area (Å²) in [5.74, 6) is -0.0662. The van der Waals surface area contributed by atoms with Gasteiger partial charge in [-0.05, 0) is 28.1 Å². The molecule has 0 atom stereocenters. The van der Waals surface area contributed by atoms with Crippen LogP contribution in [0.5, 0.6) is 5.75 Å². The molecule has 0 radical (unpaired) electrons. The van der Waals surface area contributed by atoms with E-state index in [-0.39, 0.29) is 5.75 Å². The summed E-state index contributed by atoms with van der Waals surface area (Å²) in [6.45, 7) is 0. The quantitative estimate of drug-likeness (QED) is 0.655. The first-order valence-electron chi connectivity index (χ1n) is 3.97. The van der Waals surface area contributed by atoms with Crippen LogP contribution < -0.4 is 4.83 Å². The van der Waals surface area contributed by atoms with Gasteiger partial charge in [-0.3, -0.25) is 0 Å². The Balaban J connectivity index is 2.98. The molecule has 0 fully saturated rings. The highest BCUT2D eigenvalue weighted by Crippen LogP contribution is 2.30. The van der Waals surface area contributed by atoms with E-state index in [0.29, 0.717) is 15.1 Å². The van der Waals surface area contributed by atoms with E-state index in [9.17, 15) is 13.5 Å². The summed E-state index contributed by atoms with van der Waals surface area (Å²) in [6.07, 6.45) is 2.13. The van der Waals surface area contributed by atoms with Crippen molar-refractivity contribution < 1.29 is 13.5 Å². The molecule has 0 aliphatic heterocycles. The van der Waals surface area contributed by atoms with E-state index >= 15 is 0 Å². The molecule has 1 rings (SSSR count). The first-order valence-corrected chi connectivity index (χ1v) is 7.03. The zero-order valence-corrected chi connectivity index (χ0v) is 11.3. The summed E-state index contributed by atoms with van der Waals surface area (Å²) in [4.78, 5) is 1.91. The largest absolute Gasteiger partial charge is 0.506 e. The molecule has 5 nitrogen and oxygen atoms in total. The molecule has 8 heteroatoms. The predicted octanol–water partition coefficient (Wildman–Crippen LogP) is 1.69. The maximum Gasteiger partial charge on any atom is 0.244 e. The van der Waals surface area contributed by atoms with Crippen LogP contribution in [0.15, 0.2) is 21.7 Å². The van der Waals surface area contributed by atoms with Crippen LogP contribution in [0.25, 0.3) is 0 Å². The molecule has 0 bridgehead atoms. The number of phenolic OH excluding ortho intramolecular Hbond substituents is 1. The minimum absolute atomic E-state index is 0.0662. The third kappa shape index (κ3) is 3.99. The highest BCUT2D eigenvalue weighted by Gasteiger charge is 2.05. The number of hydrogen-bond acceptors (Lipinski definition) is 4. The molecule has 0 aliphatic carbocycles. The first kappa shape index (κ1) is 13.3. The van der Waals surface area contributed by atoms with Gasteiger partial charge in [0, 0.05) is 10.6 Å². The van der Waals surface area contributed by atoms with E-state index in [1.54, 1.807) is 0 Å². The number of sulfonamides is 1. The van der Waals surface area contributed by atoms with Gasteiger partial charge in [-0.25, -0.2) is 13.2 Å².